The number of halogens is 3. The van der Waals surface area contributed by atoms with E-state index in [0.29, 0.717) is 22.4 Å². The monoisotopic (exact) mass is 557 g/mol. The number of aromatic nitrogens is 2. The molecular weight excluding hydrogens is 528 g/mol. The van der Waals surface area contributed by atoms with Gasteiger partial charge < -0.3 is 20.3 Å². The number of amides is 1. The zero-order chi connectivity index (χ0) is 26.8. The topological polar surface area (TPSA) is 84.6 Å². The van der Waals surface area contributed by atoms with Crippen molar-refractivity contribution in [2.45, 2.75) is 44.8 Å². The van der Waals surface area contributed by atoms with Crippen molar-refractivity contribution in [1.29, 1.82) is 0 Å². The van der Waals surface area contributed by atoms with Crippen LogP contribution in [0.2, 0.25) is 10.0 Å². The molecule has 200 valence electrons. The molecule has 0 saturated carbocycles. The quantitative estimate of drug-likeness (QED) is 0.358. The average molecular weight is 558 g/mol. The molecule has 5 rings (SSSR count). The summed E-state index contributed by atoms with van der Waals surface area (Å²) in [5.41, 5.74) is 8.13. The molecule has 1 amide bonds. The fourth-order valence-corrected chi connectivity index (χ4v) is 5.96. The standard InChI is InChI=1S/C28H30Cl2FN5O2/c1-17(24-21(29)9-10-22(31)25(24)30)38-27-26(32)33-15-23(34-27)18-6-4-7-19(14-18)28(37)36-13-5-8-20(36)16-35-11-2-3-12-35/h4,6-7,9-10,14-15,17,20H,2-3,5,8,11-13,16H2,1H3,(H2,32,33)/t17?,20-/m1/s1. The summed E-state index contributed by atoms with van der Waals surface area (Å²) in [6.45, 7) is 5.61. The van der Waals surface area contributed by atoms with Crippen molar-refractivity contribution in [2.75, 3.05) is 31.9 Å². The van der Waals surface area contributed by atoms with Gasteiger partial charge in [0.2, 0.25) is 0 Å². The van der Waals surface area contributed by atoms with Crippen molar-refractivity contribution in [1.82, 2.24) is 19.8 Å². The number of rotatable bonds is 7. The number of carbonyl (C=O) groups is 1. The van der Waals surface area contributed by atoms with Crippen LogP contribution in [0, 0.1) is 5.82 Å². The third-order valence-electron chi connectivity index (χ3n) is 7.25. The molecular formula is C28H30Cl2FN5O2. The normalized spacial score (nSPS) is 18.6. The van der Waals surface area contributed by atoms with Gasteiger partial charge in [0.15, 0.2) is 5.82 Å². The van der Waals surface area contributed by atoms with Gasteiger partial charge in [-0.25, -0.2) is 14.4 Å². The van der Waals surface area contributed by atoms with Gasteiger partial charge in [0.05, 0.1) is 16.9 Å². The number of hydrogen-bond donors (Lipinski definition) is 1. The molecule has 2 N–H and O–H groups in total. The Balaban J connectivity index is 1.36. The molecule has 0 bridgehead atoms. The van der Waals surface area contributed by atoms with Crippen molar-refractivity contribution in [3.63, 3.8) is 0 Å². The second-order valence-corrected chi connectivity index (χ2v) is 10.6. The van der Waals surface area contributed by atoms with E-state index in [1.165, 1.54) is 31.2 Å². The van der Waals surface area contributed by atoms with E-state index in [-0.39, 0.29) is 33.7 Å². The first kappa shape index (κ1) is 26.7. The predicted molar refractivity (Wildman–Crippen MR) is 147 cm³/mol. The van der Waals surface area contributed by atoms with E-state index < -0.39 is 11.9 Å². The lowest BCUT2D eigenvalue weighted by Crippen LogP contribution is -2.42. The molecule has 2 atom stereocenters. The van der Waals surface area contributed by atoms with Crippen LogP contribution in [0.3, 0.4) is 0 Å². The van der Waals surface area contributed by atoms with Gasteiger partial charge in [-0.3, -0.25) is 4.79 Å². The third-order valence-corrected chi connectivity index (χ3v) is 7.97. The highest BCUT2D eigenvalue weighted by molar-refractivity contribution is 6.36. The van der Waals surface area contributed by atoms with E-state index >= 15 is 0 Å². The minimum Gasteiger partial charge on any atom is -0.467 e. The molecule has 38 heavy (non-hydrogen) atoms. The molecule has 7 nitrogen and oxygen atoms in total. The molecule has 10 heteroatoms. The minimum atomic E-state index is -0.742. The molecule has 3 heterocycles. The zero-order valence-electron chi connectivity index (χ0n) is 21.2. The van der Waals surface area contributed by atoms with E-state index in [0.717, 1.165) is 39.0 Å². The highest BCUT2D eigenvalue weighted by Crippen LogP contribution is 2.36. The maximum atomic E-state index is 14.0. The van der Waals surface area contributed by atoms with Crippen LogP contribution in [-0.4, -0.2) is 57.9 Å². The first-order chi connectivity index (χ1) is 18.3. The first-order valence-corrected chi connectivity index (χ1v) is 13.6. The van der Waals surface area contributed by atoms with Crippen LogP contribution in [0.25, 0.3) is 11.3 Å². The van der Waals surface area contributed by atoms with Crippen molar-refractivity contribution in [2.24, 2.45) is 0 Å². The Bertz CT molecular complexity index is 1330. The summed E-state index contributed by atoms with van der Waals surface area (Å²) in [4.78, 5) is 26.8. The van der Waals surface area contributed by atoms with E-state index in [4.69, 9.17) is 33.7 Å². The van der Waals surface area contributed by atoms with Crippen LogP contribution in [-0.2, 0) is 0 Å². The molecule has 2 aromatic carbocycles. The minimum absolute atomic E-state index is 0.0254. The number of carbonyl (C=O) groups excluding carboxylic acids is 1. The van der Waals surface area contributed by atoms with Crippen LogP contribution in [0.4, 0.5) is 10.2 Å². The summed E-state index contributed by atoms with van der Waals surface area (Å²) in [5.74, 6) is -0.444. The van der Waals surface area contributed by atoms with Gasteiger partial charge in [-0.2, -0.15) is 0 Å². The number of nitrogen functional groups attached to an aromatic ring is 1. The van der Waals surface area contributed by atoms with E-state index in [9.17, 15) is 9.18 Å². The Morgan fingerprint density at radius 1 is 1.18 bits per heavy atom. The molecule has 3 aromatic rings. The number of benzene rings is 2. The lowest BCUT2D eigenvalue weighted by atomic mass is 10.1. The fourth-order valence-electron chi connectivity index (χ4n) is 5.28. The zero-order valence-corrected chi connectivity index (χ0v) is 22.7. The number of hydrogen-bond acceptors (Lipinski definition) is 6. The highest BCUT2D eigenvalue weighted by atomic mass is 35.5. The summed E-state index contributed by atoms with van der Waals surface area (Å²) < 4.78 is 20.0. The van der Waals surface area contributed by atoms with Gasteiger partial charge in [-0.1, -0.05) is 35.3 Å². The molecule has 0 spiro atoms. The maximum Gasteiger partial charge on any atom is 0.258 e. The van der Waals surface area contributed by atoms with E-state index in [1.807, 2.05) is 29.2 Å². The third kappa shape index (κ3) is 5.58. The van der Waals surface area contributed by atoms with Gasteiger partial charge in [-0.15, -0.1) is 0 Å². The summed E-state index contributed by atoms with van der Waals surface area (Å²) in [6.07, 6.45) is 5.31. The van der Waals surface area contributed by atoms with Gasteiger partial charge in [0, 0.05) is 40.8 Å². The van der Waals surface area contributed by atoms with Crippen LogP contribution < -0.4 is 10.5 Å². The number of nitrogens with two attached hydrogens (primary N) is 1. The lowest BCUT2D eigenvalue weighted by Gasteiger charge is -2.28. The second-order valence-electron chi connectivity index (χ2n) is 9.85. The number of nitrogens with zero attached hydrogens (tertiary/aromatic N) is 4. The molecule has 1 aromatic heterocycles. The van der Waals surface area contributed by atoms with Gasteiger partial charge in [0.1, 0.15) is 11.9 Å². The Hall–Kier alpha value is -2.94. The average Bonchev–Trinajstić information content (AvgIpc) is 3.60. The number of anilines is 1. The predicted octanol–water partition coefficient (Wildman–Crippen LogP) is 6.01. The highest BCUT2D eigenvalue weighted by Gasteiger charge is 2.31. The van der Waals surface area contributed by atoms with Crippen LogP contribution in [0.5, 0.6) is 5.88 Å². The Kier molecular flexibility index (Phi) is 8.02. The number of ether oxygens (including phenoxy) is 1. The van der Waals surface area contributed by atoms with Crippen molar-refractivity contribution in [3.8, 4) is 17.1 Å². The number of likely N-dealkylation sites (tertiary alicyclic amines) is 2. The van der Waals surface area contributed by atoms with Crippen LogP contribution in [0.1, 0.15) is 54.6 Å². The molecule has 0 aliphatic carbocycles. The smallest absolute Gasteiger partial charge is 0.258 e. The molecule has 0 radical (unpaired) electrons. The SMILES string of the molecule is CC(Oc1nc(-c2cccc(C(=O)N3CCC[C@@H]3CN3CCCC3)c2)cnc1N)c1c(Cl)ccc(F)c1Cl. The fraction of sp³-hybridized carbons (Fsp3) is 0.393. The second kappa shape index (κ2) is 11.4. The Labute approximate surface area is 231 Å². The molecule has 2 aliphatic rings. The van der Waals surface area contributed by atoms with Gasteiger partial charge in [0.25, 0.3) is 11.8 Å². The van der Waals surface area contributed by atoms with Crippen molar-refractivity contribution >= 4 is 34.9 Å². The molecule has 1 unspecified atom stereocenters. The molecule has 2 fully saturated rings. The summed E-state index contributed by atoms with van der Waals surface area (Å²) in [7, 11) is 0. The van der Waals surface area contributed by atoms with Crippen LogP contribution in [0.15, 0.2) is 42.6 Å². The van der Waals surface area contributed by atoms with Crippen molar-refractivity contribution < 1.29 is 13.9 Å². The first-order valence-electron chi connectivity index (χ1n) is 12.9. The molecule has 2 aliphatic heterocycles. The van der Waals surface area contributed by atoms with Crippen LogP contribution >= 0.6 is 23.2 Å². The molecule has 2 saturated heterocycles. The summed E-state index contributed by atoms with van der Waals surface area (Å²) in [5, 5.41) is 0.145. The maximum absolute atomic E-state index is 14.0. The van der Waals surface area contributed by atoms with E-state index in [1.54, 1.807) is 6.92 Å². The van der Waals surface area contributed by atoms with Gasteiger partial charge >= 0.3 is 0 Å². The van der Waals surface area contributed by atoms with E-state index in [2.05, 4.69) is 14.9 Å². The summed E-state index contributed by atoms with van der Waals surface area (Å²) in [6, 6.07) is 10.2. The largest absolute Gasteiger partial charge is 0.467 e. The van der Waals surface area contributed by atoms with Crippen molar-refractivity contribution in [3.05, 3.63) is 69.6 Å². The lowest BCUT2D eigenvalue weighted by molar-refractivity contribution is 0.0709. The Morgan fingerprint density at radius 2 is 1.97 bits per heavy atom. The Morgan fingerprint density at radius 3 is 2.76 bits per heavy atom. The van der Waals surface area contributed by atoms with Gasteiger partial charge in [-0.05, 0) is 70.0 Å². The summed E-state index contributed by atoms with van der Waals surface area (Å²) >= 11 is 12.4.